The van der Waals surface area contributed by atoms with Crippen LogP contribution in [0.5, 0.6) is 5.75 Å². The third-order valence-corrected chi connectivity index (χ3v) is 2.79. The van der Waals surface area contributed by atoms with Gasteiger partial charge in [0.15, 0.2) is 0 Å². The molecular weight excluding hydrogens is 244 g/mol. The SMILES string of the molecule is COc1cc(N)cc(C(=O)Nc2c(C)n[nH]c2C)c1. The van der Waals surface area contributed by atoms with Gasteiger partial charge in [0.2, 0.25) is 0 Å². The van der Waals surface area contributed by atoms with Crippen molar-refractivity contribution in [2.45, 2.75) is 13.8 Å². The number of benzene rings is 1. The van der Waals surface area contributed by atoms with Gasteiger partial charge in [-0.25, -0.2) is 0 Å². The highest BCUT2D eigenvalue weighted by Gasteiger charge is 2.13. The minimum absolute atomic E-state index is 0.252. The molecule has 0 unspecified atom stereocenters. The molecule has 1 heterocycles. The number of aromatic nitrogens is 2. The van der Waals surface area contributed by atoms with E-state index in [4.69, 9.17) is 10.5 Å². The lowest BCUT2D eigenvalue weighted by molar-refractivity contribution is 0.102. The number of nitrogens with two attached hydrogens (primary N) is 1. The Bertz CT molecular complexity index is 600. The van der Waals surface area contributed by atoms with Gasteiger partial charge in [-0.3, -0.25) is 9.89 Å². The van der Waals surface area contributed by atoms with E-state index in [1.165, 1.54) is 7.11 Å². The summed E-state index contributed by atoms with van der Waals surface area (Å²) >= 11 is 0. The molecule has 0 bridgehead atoms. The molecule has 1 amide bonds. The normalized spacial score (nSPS) is 10.3. The Morgan fingerprint density at radius 1 is 1.37 bits per heavy atom. The summed E-state index contributed by atoms with van der Waals surface area (Å²) in [6, 6.07) is 4.89. The van der Waals surface area contributed by atoms with Crippen molar-refractivity contribution in [2.75, 3.05) is 18.2 Å². The van der Waals surface area contributed by atoms with Gasteiger partial charge >= 0.3 is 0 Å². The summed E-state index contributed by atoms with van der Waals surface area (Å²) in [5.41, 5.74) is 8.88. The van der Waals surface area contributed by atoms with Gasteiger partial charge in [0, 0.05) is 17.3 Å². The van der Waals surface area contributed by atoms with E-state index in [1.54, 1.807) is 18.2 Å². The summed E-state index contributed by atoms with van der Waals surface area (Å²) in [5, 5.41) is 9.65. The van der Waals surface area contributed by atoms with Crippen LogP contribution in [-0.2, 0) is 0 Å². The number of hydrogen-bond acceptors (Lipinski definition) is 4. The van der Waals surface area contributed by atoms with Gasteiger partial charge in [0.1, 0.15) is 5.75 Å². The van der Waals surface area contributed by atoms with Crippen LogP contribution in [0.4, 0.5) is 11.4 Å². The minimum atomic E-state index is -0.252. The van der Waals surface area contributed by atoms with Crippen LogP contribution < -0.4 is 15.8 Å². The number of aromatic amines is 1. The molecule has 0 aliphatic heterocycles. The molecule has 4 N–H and O–H groups in total. The van der Waals surface area contributed by atoms with Crippen molar-refractivity contribution in [1.82, 2.24) is 10.2 Å². The number of hydrogen-bond donors (Lipinski definition) is 3. The highest BCUT2D eigenvalue weighted by molar-refractivity contribution is 6.05. The molecule has 100 valence electrons. The number of carbonyl (C=O) groups excluding carboxylic acids is 1. The van der Waals surface area contributed by atoms with Crippen LogP contribution >= 0.6 is 0 Å². The second kappa shape index (κ2) is 5.01. The van der Waals surface area contributed by atoms with Crippen molar-refractivity contribution in [3.05, 3.63) is 35.2 Å². The highest BCUT2D eigenvalue weighted by atomic mass is 16.5. The zero-order valence-electron chi connectivity index (χ0n) is 11.1. The summed E-state index contributed by atoms with van der Waals surface area (Å²) in [6.07, 6.45) is 0. The van der Waals surface area contributed by atoms with Gasteiger partial charge in [-0.1, -0.05) is 0 Å². The number of rotatable bonds is 3. The number of anilines is 2. The van der Waals surface area contributed by atoms with Crippen molar-refractivity contribution in [2.24, 2.45) is 0 Å². The van der Waals surface area contributed by atoms with E-state index in [9.17, 15) is 4.79 Å². The number of nitrogens with zero attached hydrogens (tertiary/aromatic N) is 1. The zero-order chi connectivity index (χ0) is 14.0. The average molecular weight is 260 g/mol. The summed E-state index contributed by atoms with van der Waals surface area (Å²) in [5.74, 6) is 0.295. The van der Waals surface area contributed by atoms with Crippen molar-refractivity contribution >= 4 is 17.3 Å². The number of amides is 1. The van der Waals surface area contributed by atoms with E-state index in [-0.39, 0.29) is 5.91 Å². The number of aryl methyl sites for hydroxylation is 2. The average Bonchev–Trinajstić information content (AvgIpc) is 2.69. The summed E-state index contributed by atoms with van der Waals surface area (Å²) in [4.78, 5) is 12.2. The Hall–Kier alpha value is -2.50. The number of nitrogen functional groups attached to an aromatic ring is 1. The Kier molecular flexibility index (Phi) is 3.41. The van der Waals surface area contributed by atoms with Crippen molar-refractivity contribution in [1.29, 1.82) is 0 Å². The van der Waals surface area contributed by atoms with Crippen LogP contribution in [0, 0.1) is 13.8 Å². The van der Waals surface area contributed by atoms with Crippen LogP contribution in [0.15, 0.2) is 18.2 Å². The fourth-order valence-corrected chi connectivity index (χ4v) is 1.79. The largest absolute Gasteiger partial charge is 0.497 e. The van der Waals surface area contributed by atoms with Crippen LogP contribution in [0.1, 0.15) is 21.7 Å². The van der Waals surface area contributed by atoms with Crippen LogP contribution in [-0.4, -0.2) is 23.2 Å². The lowest BCUT2D eigenvalue weighted by atomic mass is 10.1. The maximum absolute atomic E-state index is 12.2. The Morgan fingerprint density at radius 3 is 2.68 bits per heavy atom. The zero-order valence-corrected chi connectivity index (χ0v) is 11.1. The quantitative estimate of drug-likeness (QED) is 0.734. The first-order valence-corrected chi connectivity index (χ1v) is 5.78. The first kappa shape index (κ1) is 12.9. The molecule has 2 aromatic rings. The number of carbonyl (C=O) groups is 1. The Balaban J connectivity index is 2.28. The molecule has 0 fully saturated rings. The van der Waals surface area contributed by atoms with E-state index in [2.05, 4.69) is 15.5 Å². The summed E-state index contributed by atoms with van der Waals surface area (Å²) in [7, 11) is 1.53. The molecular formula is C13H16N4O2. The second-order valence-corrected chi connectivity index (χ2v) is 4.26. The molecule has 0 saturated heterocycles. The first-order valence-electron chi connectivity index (χ1n) is 5.78. The molecule has 0 saturated carbocycles. The second-order valence-electron chi connectivity index (χ2n) is 4.26. The van der Waals surface area contributed by atoms with Gasteiger partial charge in [0.25, 0.3) is 5.91 Å². The predicted molar refractivity (Wildman–Crippen MR) is 73.4 cm³/mol. The van der Waals surface area contributed by atoms with Gasteiger partial charge in [-0.15, -0.1) is 0 Å². The monoisotopic (exact) mass is 260 g/mol. The van der Waals surface area contributed by atoms with E-state index >= 15 is 0 Å². The third-order valence-electron chi connectivity index (χ3n) is 2.79. The lowest BCUT2D eigenvalue weighted by Gasteiger charge is -2.08. The Morgan fingerprint density at radius 2 is 2.11 bits per heavy atom. The molecule has 0 aliphatic carbocycles. The predicted octanol–water partition coefficient (Wildman–Crippen LogP) is 1.87. The number of methoxy groups -OCH3 is 1. The molecule has 2 rings (SSSR count). The van der Waals surface area contributed by atoms with Crippen molar-refractivity contribution in [3.8, 4) is 5.75 Å². The van der Waals surface area contributed by atoms with Gasteiger partial charge in [-0.05, 0) is 26.0 Å². The van der Waals surface area contributed by atoms with E-state index in [0.29, 0.717) is 22.7 Å². The van der Waals surface area contributed by atoms with Crippen LogP contribution in [0.25, 0.3) is 0 Å². The molecule has 6 heteroatoms. The molecule has 0 aliphatic rings. The molecule has 6 nitrogen and oxygen atoms in total. The first-order chi connectivity index (χ1) is 9.01. The third kappa shape index (κ3) is 2.67. The van der Waals surface area contributed by atoms with Gasteiger partial charge in [0.05, 0.1) is 24.2 Å². The summed E-state index contributed by atoms with van der Waals surface area (Å²) < 4.78 is 5.09. The topological polar surface area (TPSA) is 93.0 Å². The smallest absolute Gasteiger partial charge is 0.255 e. The summed E-state index contributed by atoms with van der Waals surface area (Å²) in [6.45, 7) is 3.66. The van der Waals surface area contributed by atoms with E-state index < -0.39 is 0 Å². The molecule has 0 atom stereocenters. The number of nitrogens with one attached hydrogen (secondary N) is 2. The fourth-order valence-electron chi connectivity index (χ4n) is 1.79. The molecule has 19 heavy (non-hydrogen) atoms. The molecule has 1 aromatic heterocycles. The number of H-pyrrole nitrogens is 1. The highest BCUT2D eigenvalue weighted by Crippen LogP contribution is 2.21. The van der Waals surface area contributed by atoms with Gasteiger partial charge in [-0.2, -0.15) is 5.10 Å². The van der Waals surface area contributed by atoms with E-state index in [0.717, 1.165) is 11.4 Å². The fraction of sp³-hybridized carbons (Fsp3) is 0.231. The Labute approximate surface area is 111 Å². The molecule has 1 aromatic carbocycles. The minimum Gasteiger partial charge on any atom is -0.497 e. The van der Waals surface area contributed by atoms with Crippen molar-refractivity contribution < 1.29 is 9.53 Å². The maximum atomic E-state index is 12.2. The van der Waals surface area contributed by atoms with E-state index in [1.807, 2.05) is 13.8 Å². The molecule has 0 spiro atoms. The molecule has 0 radical (unpaired) electrons. The van der Waals surface area contributed by atoms with Crippen LogP contribution in [0.3, 0.4) is 0 Å². The van der Waals surface area contributed by atoms with Crippen LogP contribution in [0.2, 0.25) is 0 Å². The lowest BCUT2D eigenvalue weighted by Crippen LogP contribution is -2.13. The maximum Gasteiger partial charge on any atom is 0.255 e. The standard InChI is InChI=1S/C13H16N4O2/c1-7-12(8(2)17-16-7)15-13(18)9-4-10(14)6-11(5-9)19-3/h4-6H,14H2,1-3H3,(H,15,18)(H,16,17). The van der Waals surface area contributed by atoms with Crippen molar-refractivity contribution in [3.63, 3.8) is 0 Å². The van der Waals surface area contributed by atoms with Gasteiger partial charge < -0.3 is 15.8 Å². The number of ether oxygens (including phenoxy) is 1.